The van der Waals surface area contributed by atoms with Crippen LogP contribution in [0.5, 0.6) is 0 Å². The molecular formula is C18H22F3N3O5S3. The Morgan fingerprint density at radius 2 is 1.75 bits per heavy atom. The molecule has 14 heteroatoms. The highest BCUT2D eigenvalue weighted by molar-refractivity contribution is 7.91. The fourth-order valence-electron chi connectivity index (χ4n) is 3.47. The number of piperazine rings is 1. The number of sulfonamides is 2. The zero-order valence-electron chi connectivity index (χ0n) is 16.9. The summed E-state index contributed by atoms with van der Waals surface area (Å²) < 4.78 is 89.8. The van der Waals surface area contributed by atoms with E-state index in [0.717, 1.165) is 23.5 Å². The molecule has 2 heterocycles. The number of nitrogens with zero attached hydrogens (tertiary/aromatic N) is 2. The average molecular weight is 514 g/mol. The van der Waals surface area contributed by atoms with Crippen LogP contribution in [-0.4, -0.2) is 63.9 Å². The first-order valence-electron chi connectivity index (χ1n) is 9.33. The summed E-state index contributed by atoms with van der Waals surface area (Å²) in [5.41, 5.74) is -3.05. The van der Waals surface area contributed by atoms with Crippen molar-refractivity contribution in [3.05, 3.63) is 47.3 Å². The highest BCUT2D eigenvalue weighted by Gasteiger charge is 2.51. The molecule has 0 spiro atoms. The molecule has 0 unspecified atom stereocenters. The zero-order valence-corrected chi connectivity index (χ0v) is 19.3. The molecule has 0 saturated carbocycles. The molecule has 0 aliphatic carbocycles. The number of aliphatic hydroxyl groups is 1. The number of nitrogens with two attached hydrogens (primary N) is 1. The van der Waals surface area contributed by atoms with Gasteiger partial charge in [0.25, 0.3) is 10.0 Å². The molecule has 0 amide bonds. The van der Waals surface area contributed by atoms with Crippen molar-refractivity contribution in [2.45, 2.75) is 29.0 Å². The second kappa shape index (κ2) is 8.57. The highest BCUT2D eigenvalue weighted by atomic mass is 32.2. The Labute approximate surface area is 188 Å². The topological polar surface area (TPSA) is 121 Å². The van der Waals surface area contributed by atoms with Gasteiger partial charge < -0.3 is 10.0 Å². The maximum atomic E-state index is 13.1. The Balaban J connectivity index is 1.89. The first-order valence-corrected chi connectivity index (χ1v) is 13.4. The molecule has 32 heavy (non-hydrogen) atoms. The lowest BCUT2D eigenvalue weighted by Crippen LogP contribution is -2.57. The van der Waals surface area contributed by atoms with Gasteiger partial charge in [-0.15, -0.1) is 11.3 Å². The molecule has 1 aromatic heterocycles. The van der Waals surface area contributed by atoms with Crippen LogP contribution >= 0.6 is 11.3 Å². The van der Waals surface area contributed by atoms with E-state index < -0.39 is 43.6 Å². The largest absolute Gasteiger partial charge is 0.421 e. The lowest BCUT2D eigenvalue weighted by atomic mass is 9.95. The summed E-state index contributed by atoms with van der Waals surface area (Å²) in [6, 6.07) is 7.04. The summed E-state index contributed by atoms with van der Waals surface area (Å²) in [7, 11) is -7.81. The molecule has 0 bridgehead atoms. The molecule has 1 saturated heterocycles. The van der Waals surface area contributed by atoms with Gasteiger partial charge in [-0.3, -0.25) is 0 Å². The highest BCUT2D eigenvalue weighted by Crippen LogP contribution is 2.39. The average Bonchev–Trinajstić information content (AvgIpc) is 3.21. The summed E-state index contributed by atoms with van der Waals surface area (Å²) >= 11 is 1.04. The van der Waals surface area contributed by atoms with Crippen LogP contribution in [0.4, 0.5) is 18.9 Å². The minimum absolute atomic E-state index is 0.0450. The van der Waals surface area contributed by atoms with Gasteiger partial charge >= 0.3 is 6.18 Å². The summed E-state index contributed by atoms with van der Waals surface area (Å²) in [6.07, 6.45) is -4.88. The van der Waals surface area contributed by atoms with E-state index in [1.165, 1.54) is 22.5 Å². The zero-order chi connectivity index (χ0) is 23.9. The number of hydrogen-bond donors (Lipinski definition) is 2. The predicted octanol–water partition coefficient (Wildman–Crippen LogP) is 1.69. The third kappa shape index (κ3) is 5.10. The number of benzene rings is 1. The van der Waals surface area contributed by atoms with Crippen molar-refractivity contribution in [3.8, 4) is 0 Å². The van der Waals surface area contributed by atoms with E-state index in [1.807, 2.05) is 0 Å². The van der Waals surface area contributed by atoms with Crippen LogP contribution in [0.2, 0.25) is 0 Å². The molecule has 178 valence electrons. The molecule has 1 aliphatic heterocycles. The van der Waals surface area contributed by atoms with Crippen molar-refractivity contribution in [2.24, 2.45) is 5.14 Å². The van der Waals surface area contributed by atoms with Crippen LogP contribution in [0.3, 0.4) is 0 Å². The molecule has 1 aliphatic rings. The number of hydrogen-bond acceptors (Lipinski definition) is 7. The Kier molecular flexibility index (Phi) is 6.68. The lowest BCUT2D eigenvalue weighted by Gasteiger charge is -2.41. The van der Waals surface area contributed by atoms with E-state index in [2.05, 4.69) is 0 Å². The number of rotatable bonds is 6. The van der Waals surface area contributed by atoms with E-state index in [-0.39, 0.29) is 29.4 Å². The minimum Gasteiger partial charge on any atom is -0.376 e. The van der Waals surface area contributed by atoms with Crippen LogP contribution < -0.4 is 10.0 Å². The Morgan fingerprint density at radius 1 is 1.12 bits per heavy atom. The van der Waals surface area contributed by atoms with Crippen molar-refractivity contribution in [1.29, 1.82) is 0 Å². The Morgan fingerprint density at radius 3 is 2.25 bits per heavy atom. The number of anilines is 1. The van der Waals surface area contributed by atoms with Gasteiger partial charge in [-0.05, 0) is 36.1 Å². The monoisotopic (exact) mass is 513 g/mol. The maximum Gasteiger partial charge on any atom is 0.421 e. The van der Waals surface area contributed by atoms with Crippen LogP contribution in [0, 0.1) is 0 Å². The van der Waals surface area contributed by atoms with Gasteiger partial charge in [-0.1, -0.05) is 18.2 Å². The second-order valence-electron chi connectivity index (χ2n) is 7.59. The first-order chi connectivity index (χ1) is 14.6. The molecule has 0 radical (unpaired) electrons. The van der Waals surface area contributed by atoms with Gasteiger partial charge in [0.05, 0.1) is 11.8 Å². The van der Waals surface area contributed by atoms with Gasteiger partial charge in [0, 0.05) is 25.3 Å². The van der Waals surface area contributed by atoms with E-state index in [0.29, 0.717) is 12.6 Å². The van der Waals surface area contributed by atoms with Gasteiger partial charge in [0.1, 0.15) is 4.21 Å². The standard InChI is InChI=1S/C18H22F3N3O5S3/c1-17(25,18(19,20)21)13-4-6-14(7-5-13)24-9-8-23(11-15(24)12-31(22,26)27)32(28,29)16-3-2-10-30-16/h2-7,10,15,25H,8-9,11-12H2,1H3,(H2,22,26,27)/t15-,17-/m1/s1. The predicted molar refractivity (Wildman–Crippen MR) is 114 cm³/mol. The molecule has 8 nitrogen and oxygen atoms in total. The molecule has 2 aromatic rings. The van der Waals surface area contributed by atoms with Gasteiger partial charge in [0.2, 0.25) is 10.0 Å². The second-order valence-corrected chi connectivity index (χ2v) is 12.4. The van der Waals surface area contributed by atoms with Crippen LogP contribution in [0.25, 0.3) is 0 Å². The number of halogens is 3. The molecule has 1 aromatic carbocycles. The van der Waals surface area contributed by atoms with E-state index >= 15 is 0 Å². The fraction of sp³-hybridized carbons (Fsp3) is 0.444. The summed E-state index contributed by atoms with van der Waals surface area (Å²) in [5.74, 6) is -0.550. The molecule has 2 atom stereocenters. The molecule has 3 N–H and O–H groups in total. The summed E-state index contributed by atoms with van der Waals surface area (Å²) in [4.78, 5) is 1.59. The van der Waals surface area contributed by atoms with Crippen LogP contribution in [0.1, 0.15) is 12.5 Å². The fourth-order valence-corrected chi connectivity index (χ4v) is 6.91. The van der Waals surface area contributed by atoms with E-state index in [9.17, 15) is 35.1 Å². The minimum atomic E-state index is -4.88. The van der Waals surface area contributed by atoms with Crippen molar-refractivity contribution >= 4 is 37.1 Å². The normalized spacial score (nSPS) is 20.8. The Hall–Kier alpha value is -1.71. The quantitative estimate of drug-likeness (QED) is 0.607. The smallest absolute Gasteiger partial charge is 0.376 e. The van der Waals surface area contributed by atoms with Gasteiger partial charge in [-0.25, -0.2) is 22.0 Å². The third-order valence-corrected chi connectivity index (χ3v) is 9.36. The van der Waals surface area contributed by atoms with Gasteiger partial charge in [-0.2, -0.15) is 17.5 Å². The number of primary sulfonamides is 1. The summed E-state index contributed by atoms with van der Waals surface area (Å²) in [5, 5.41) is 16.7. The first kappa shape index (κ1) is 24.9. The van der Waals surface area contributed by atoms with E-state index in [1.54, 1.807) is 16.3 Å². The molecule has 3 rings (SSSR count). The van der Waals surface area contributed by atoms with Crippen LogP contribution in [-0.2, 0) is 25.6 Å². The van der Waals surface area contributed by atoms with Crippen molar-refractivity contribution in [2.75, 3.05) is 30.3 Å². The van der Waals surface area contributed by atoms with Crippen molar-refractivity contribution in [3.63, 3.8) is 0 Å². The van der Waals surface area contributed by atoms with E-state index in [4.69, 9.17) is 5.14 Å². The lowest BCUT2D eigenvalue weighted by molar-refractivity contribution is -0.258. The molecule has 1 fully saturated rings. The molecular weight excluding hydrogens is 491 g/mol. The Bertz CT molecular complexity index is 1150. The van der Waals surface area contributed by atoms with Gasteiger partial charge in [0.15, 0.2) is 5.60 Å². The number of thiophene rings is 1. The third-order valence-electron chi connectivity index (χ3n) is 5.27. The summed E-state index contributed by atoms with van der Waals surface area (Å²) in [6.45, 7) is 0.613. The van der Waals surface area contributed by atoms with Crippen LogP contribution in [0.15, 0.2) is 46.0 Å². The van der Waals surface area contributed by atoms with Crippen molar-refractivity contribution in [1.82, 2.24) is 4.31 Å². The van der Waals surface area contributed by atoms with Crippen molar-refractivity contribution < 1.29 is 35.1 Å². The number of alkyl halides is 3. The SMILES string of the molecule is C[C@@](O)(c1ccc(N2CCN(S(=O)(=O)c3cccs3)C[C@@H]2CS(N)(=O)=O)cc1)C(F)(F)F. The maximum absolute atomic E-state index is 13.1.